The molecule has 0 atom stereocenters. The Morgan fingerprint density at radius 2 is 0.618 bits per heavy atom. The molecule has 2 aromatic carbocycles. The number of hydrogen-bond donors (Lipinski definition) is 4. The molecule has 0 heterocycles. The molecule has 0 aliphatic rings. The first-order valence-electron chi connectivity index (χ1n) is 23.9. The molecule has 5 heteroatoms. The number of benzene rings is 2. The molecular formula is C50H88N2O3. The van der Waals surface area contributed by atoms with Crippen molar-refractivity contribution >= 4 is 0 Å². The van der Waals surface area contributed by atoms with Crippen LogP contribution in [-0.4, -0.2) is 23.3 Å². The summed E-state index contributed by atoms with van der Waals surface area (Å²) >= 11 is 0. The van der Waals surface area contributed by atoms with Crippen molar-refractivity contribution in [1.29, 1.82) is 0 Å². The third-order valence-electron chi connectivity index (χ3n) is 11.4. The molecule has 0 aliphatic carbocycles. The van der Waals surface area contributed by atoms with Gasteiger partial charge in [-0.25, -0.2) is 0 Å². The van der Waals surface area contributed by atoms with Crippen molar-refractivity contribution in [1.82, 2.24) is 10.6 Å². The van der Waals surface area contributed by atoms with Gasteiger partial charge in [0.15, 0.2) is 0 Å². The van der Waals surface area contributed by atoms with Gasteiger partial charge in [-0.05, 0) is 62.3 Å². The monoisotopic (exact) mass is 765 g/mol. The maximum Gasteiger partial charge on any atom is 0.128 e. The van der Waals surface area contributed by atoms with Gasteiger partial charge in [0.25, 0.3) is 0 Å². The summed E-state index contributed by atoms with van der Waals surface area (Å²) in [5, 5.41) is 28.0. The third-order valence-corrected chi connectivity index (χ3v) is 11.4. The smallest absolute Gasteiger partial charge is 0.128 e. The third kappa shape index (κ3) is 27.9. The van der Waals surface area contributed by atoms with Gasteiger partial charge >= 0.3 is 0 Å². The molecule has 0 fully saturated rings. The molecule has 0 amide bonds. The molecule has 0 saturated carbocycles. The van der Waals surface area contributed by atoms with Gasteiger partial charge in [-0.3, -0.25) is 0 Å². The highest BCUT2D eigenvalue weighted by Crippen LogP contribution is 2.30. The number of nitrogens with one attached hydrogen (secondary N) is 2. The minimum atomic E-state index is 0.288. The molecule has 0 aromatic heterocycles. The van der Waals surface area contributed by atoms with E-state index in [1.807, 2.05) is 12.1 Å². The predicted octanol–water partition coefficient (Wildman–Crippen LogP) is 15.6. The Hall–Kier alpha value is -2.24. The average Bonchev–Trinajstić information content (AvgIpc) is 3.19. The lowest BCUT2D eigenvalue weighted by Gasteiger charge is -2.12. The summed E-state index contributed by atoms with van der Waals surface area (Å²) < 4.78 is 6.17. The first-order chi connectivity index (χ1) is 27.1. The minimum absolute atomic E-state index is 0.288. The minimum Gasteiger partial charge on any atom is -0.508 e. The van der Waals surface area contributed by atoms with E-state index in [0.29, 0.717) is 24.6 Å². The standard InChI is InChI=1S/C50H88N2O3/c1-3-5-7-9-11-13-15-17-19-21-23-25-27-29-31-33-39-51-43-45-41-47(35-37-49(45)53)55-48-36-38-50(54)46(42-48)44-52-40-34-32-30-28-26-24-22-20-18-16-14-12-10-8-6-4-2/h35-38,41-42,51-54H,3-34,39-40,43-44H2,1-2H3. The summed E-state index contributed by atoms with van der Waals surface area (Å²) in [5.41, 5.74) is 1.68. The zero-order chi connectivity index (χ0) is 39.3. The Bertz CT molecular complexity index is 1050. The van der Waals surface area contributed by atoms with E-state index in [9.17, 15) is 10.2 Å². The van der Waals surface area contributed by atoms with E-state index in [2.05, 4.69) is 24.5 Å². The fourth-order valence-electron chi connectivity index (χ4n) is 7.71. The van der Waals surface area contributed by atoms with Crippen molar-refractivity contribution in [2.75, 3.05) is 13.1 Å². The highest BCUT2D eigenvalue weighted by molar-refractivity contribution is 5.44. The van der Waals surface area contributed by atoms with E-state index < -0.39 is 0 Å². The quantitative estimate of drug-likeness (QED) is 0.0509. The Labute approximate surface area is 340 Å². The predicted molar refractivity (Wildman–Crippen MR) is 239 cm³/mol. The molecule has 0 aliphatic heterocycles. The lowest BCUT2D eigenvalue weighted by molar-refractivity contribution is 0.447. The molecule has 0 unspecified atom stereocenters. The van der Waals surface area contributed by atoms with Gasteiger partial charge in [0.05, 0.1) is 0 Å². The van der Waals surface area contributed by atoms with Gasteiger partial charge in [-0.15, -0.1) is 0 Å². The maximum atomic E-state index is 10.5. The summed E-state index contributed by atoms with van der Waals surface area (Å²) in [6.07, 6.45) is 44.2. The summed E-state index contributed by atoms with van der Waals surface area (Å²) in [7, 11) is 0. The largest absolute Gasteiger partial charge is 0.508 e. The highest BCUT2D eigenvalue weighted by Gasteiger charge is 2.08. The van der Waals surface area contributed by atoms with Crippen molar-refractivity contribution < 1.29 is 14.9 Å². The van der Waals surface area contributed by atoms with Crippen LogP contribution >= 0.6 is 0 Å². The second-order valence-electron chi connectivity index (χ2n) is 16.6. The zero-order valence-corrected chi connectivity index (χ0v) is 36.2. The van der Waals surface area contributed by atoms with Crippen molar-refractivity contribution in [3.05, 3.63) is 47.5 Å². The van der Waals surface area contributed by atoms with Crippen LogP contribution in [0.4, 0.5) is 0 Å². The molecule has 5 nitrogen and oxygen atoms in total. The van der Waals surface area contributed by atoms with Crippen LogP contribution in [0.15, 0.2) is 36.4 Å². The van der Waals surface area contributed by atoms with E-state index in [4.69, 9.17) is 4.74 Å². The summed E-state index contributed by atoms with van der Waals surface area (Å²) in [5.74, 6) is 1.96. The van der Waals surface area contributed by atoms with E-state index >= 15 is 0 Å². The van der Waals surface area contributed by atoms with Gasteiger partial charge in [-0.1, -0.05) is 206 Å². The summed E-state index contributed by atoms with van der Waals surface area (Å²) in [6, 6.07) is 10.9. The van der Waals surface area contributed by atoms with Gasteiger partial charge in [0.1, 0.15) is 23.0 Å². The van der Waals surface area contributed by atoms with E-state index in [-0.39, 0.29) is 11.5 Å². The van der Waals surface area contributed by atoms with Crippen molar-refractivity contribution in [2.24, 2.45) is 0 Å². The van der Waals surface area contributed by atoms with Crippen molar-refractivity contribution in [3.8, 4) is 23.0 Å². The average molecular weight is 765 g/mol. The van der Waals surface area contributed by atoms with E-state index in [0.717, 1.165) is 24.2 Å². The Kier molecular flexibility index (Phi) is 32.1. The summed E-state index contributed by atoms with van der Waals surface area (Å²) in [4.78, 5) is 0. The van der Waals surface area contributed by atoms with Gasteiger partial charge in [0.2, 0.25) is 0 Å². The Balaban J connectivity index is 1.48. The van der Waals surface area contributed by atoms with Crippen LogP contribution in [0.5, 0.6) is 23.0 Å². The fraction of sp³-hybridized carbons (Fsp3) is 0.760. The Morgan fingerprint density at radius 1 is 0.364 bits per heavy atom. The van der Waals surface area contributed by atoms with Gasteiger partial charge < -0.3 is 25.6 Å². The van der Waals surface area contributed by atoms with Crippen LogP contribution in [0.1, 0.15) is 230 Å². The molecule has 0 saturated heterocycles. The topological polar surface area (TPSA) is 73.8 Å². The maximum absolute atomic E-state index is 10.5. The molecular weight excluding hydrogens is 677 g/mol. The van der Waals surface area contributed by atoms with Crippen LogP contribution in [0, 0.1) is 0 Å². The molecule has 2 aromatic rings. The molecule has 4 N–H and O–H groups in total. The molecule has 316 valence electrons. The van der Waals surface area contributed by atoms with E-state index in [1.54, 1.807) is 24.3 Å². The second kappa shape index (κ2) is 36.1. The lowest BCUT2D eigenvalue weighted by Crippen LogP contribution is -2.15. The molecule has 2 rings (SSSR count). The molecule has 0 bridgehead atoms. The number of rotatable bonds is 40. The zero-order valence-electron chi connectivity index (χ0n) is 36.2. The Morgan fingerprint density at radius 3 is 0.891 bits per heavy atom. The first-order valence-corrected chi connectivity index (χ1v) is 23.9. The normalized spacial score (nSPS) is 11.5. The SMILES string of the molecule is CCCCCCCCCCCCCCCCCCNCc1cc(Oc2ccc(O)c(CNCCCCCCCCCCCCCCCCCC)c2)ccc1O. The number of unbranched alkanes of at least 4 members (excludes halogenated alkanes) is 30. The number of ether oxygens (including phenoxy) is 1. The van der Waals surface area contributed by atoms with Crippen LogP contribution in [0.2, 0.25) is 0 Å². The number of phenols is 2. The van der Waals surface area contributed by atoms with Crippen LogP contribution in [-0.2, 0) is 13.1 Å². The second-order valence-corrected chi connectivity index (χ2v) is 16.6. The number of aromatic hydroxyl groups is 2. The van der Waals surface area contributed by atoms with Crippen molar-refractivity contribution in [3.63, 3.8) is 0 Å². The van der Waals surface area contributed by atoms with Crippen LogP contribution in [0.3, 0.4) is 0 Å². The van der Waals surface area contributed by atoms with E-state index in [1.165, 1.54) is 205 Å². The highest BCUT2D eigenvalue weighted by atomic mass is 16.5. The first kappa shape index (κ1) is 48.9. The number of phenolic OH excluding ortho intramolecular Hbond substituents is 2. The fourth-order valence-corrected chi connectivity index (χ4v) is 7.71. The number of hydrogen-bond acceptors (Lipinski definition) is 5. The molecule has 0 spiro atoms. The van der Waals surface area contributed by atoms with Crippen LogP contribution < -0.4 is 15.4 Å². The molecule has 55 heavy (non-hydrogen) atoms. The van der Waals surface area contributed by atoms with Crippen molar-refractivity contribution in [2.45, 2.75) is 232 Å². The van der Waals surface area contributed by atoms with Crippen LogP contribution in [0.25, 0.3) is 0 Å². The summed E-state index contributed by atoms with van der Waals surface area (Å²) in [6.45, 7) is 7.72. The van der Waals surface area contributed by atoms with Gasteiger partial charge in [0, 0.05) is 24.2 Å². The molecule has 0 radical (unpaired) electrons. The lowest BCUT2D eigenvalue weighted by atomic mass is 10.0. The van der Waals surface area contributed by atoms with Gasteiger partial charge in [-0.2, -0.15) is 0 Å².